The van der Waals surface area contributed by atoms with Crippen molar-refractivity contribution >= 4 is 40.9 Å². The molecule has 1 aliphatic rings. The Morgan fingerprint density at radius 3 is 2.89 bits per heavy atom. The van der Waals surface area contributed by atoms with Crippen LogP contribution in [-0.2, 0) is 0 Å². The van der Waals surface area contributed by atoms with E-state index in [0.717, 1.165) is 28.8 Å². The number of hydrogen-bond acceptors (Lipinski definition) is 2. The van der Waals surface area contributed by atoms with Gasteiger partial charge in [0, 0.05) is 29.2 Å². The average Bonchev–Trinajstić information content (AvgIpc) is 2.32. The molecule has 0 unspecified atom stereocenters. The molecule has 1 saturated heterocycles. The van der Waals surface area contributed by atoms with Gasteiger partial charge >= 0.3 is 0 Å². The molecule has 1 atom stereocenters. The van der Waals surface area contributed by atoms with Crippen molar-refractivity contribution in [1.82, 2.24) is 10.2 Å². The maximum absolute atomic E-state index is 12.4. The van der Waals surface area contributed by atoms with Crippen molar-refractivity contribution in [2.45, 2.75) is 19.9 Å². The maximum atomic E-state index is 12.4. The minimum atomic E-state index is 0. The van der Waals surface area contributed by atoms with Crippen LogP contribution in [-0.4, -0.2) is 36.5 Å². The highest BCUT2D eigenvalue weighted by Gasteiger charge is 2.23. The van der Waals surface area contributed by atoms with Crippen molar-refractivity contribution in [2.24, 2.45) is 0 Å². The molecule has 1 aromatic carbocycles. The Bertz CT molecular complexity index is 439. The largest absolute Gasteiger partial charge is 0.336 e. The highest BCUT2D eigenvalue weighted by Crippen LogP contribution is 2.19. The minimum absolute atomic E-state index is 0. The second kappa shape index (κ2) is 6.73. The molecule has 5 heteroatoms. The zero-order chi connectivity index (χ0) is 12.4. The van der Waals surface area contributed by atoms with E-state index in [-0.39, 0.29) is 18.3 Å². The number of hydrogen-bond donors (Lipinski definition) is 1. The Hall–Kier alpha value is -0.330. The van der Waals surface area contributed by atoms with E-state index < -0.39 is 0 Å². The molecule has 1 amide bonds. The van der Waals surface area contributed by atoms with Crippen molar-refractivity contribution in [2.75, 3.05) is 19.6 Å². The van der Waals surface area contributed by atoms with Crippen molar-refractivity contribution in [1.29, 1.82) is 0 Å². The van der Waals surface area contributed by atoms with Crippen LogP contribution in [0.1, 0.15) is 22.8 Å². The molecule has 0 aliphatic carbocycles. The Morgan fingerprint density at radius 1 is 1.50 bits per heavy atom. The van der Waals surface area contributed by atoms with Crippen molar-refractivity contribution in [3.63, 3.8) is 0 Å². The van der Waals surface area contributed by atoms with Gasteiger partial charge in [0.1, 0.15) is 0 Å². The van der Waals surface area contributed by atoms with Crippen molar-refractivity contribution in [3.8, 4) is 0 Å². The number of halogens is 2. The Morgan fingerprint density at radius 2 is 2.22 bits per heavy atom. The van der Waals surface area contributed by atoms with Gasteiger partial charge in [-0.3, -0.25) is 4.79 Å². The third kappa shape index (κ3) is 3.36. The number of rotatable bonds is 1. The van der Waals surface area contributed by atoms with Gasteiger partial charge in [0.05, 0.1) is 5.56 Å². The Balaban J connectivity index is 0.00000162. The van der Waals surface area contributed by atoms with Crippen LogP contribution in [0.25, 0.3) is 0 Å². The van der Waals surface area contributed by atoms with Crippen molar-refractivity contribution < 1.29 is 4.79 Å². The molecule has 0 aromatic heterocycles. The monoisotopic (exact) mass is 380 g/mol. The molecule has 1 fully saturated rings. The number of aryl methyl sites for hydroxylation is 1. The van der Waals surface area contributed by atoms with Crippen LogP contribution >= 0.6 is 35.0 Å². The number of benzene rings is 1. The van der Waals surface area contributed by atoms with Gasteiger partial charge in [-0.05, 0) is 48.1 Å². The van der Waals surface area contributed by atoms with Gasteiger partial charge in [0.25, 0.3) is 5.91 Å². The first kappa shape index (κ1) is 15.7. The van der Waals surface area contributed by atoms with Gasteiger partial charge < -0.3 is 10.2 Å². The summed E-state index contributed by atoms with van der Waals surface area (Å²) in [4.78, 5) is 14.4. The highest BCUT2D eigenvalue weighted by molar-refractivity contribution is 14.1. The summed E-state index contributed by atoms with van der Waals surface area (Å²) in [6.45, 7) is 6.63. The number of piperazine rings is 1. The fourth-order valence-corrected chi connectivity index (χ4v) is 2.69. The van der Waals surface area contributed by atoms with Crippen LogP contribution in [0.5, 0.6) is 0 Å². The van der Waals surface area contributed by atoms with E-state index in [1.807, 2.05) is 30.0 Å². The first-order valence-electron chi connectivity index (χ1n) is 5.87. The van der Waals surface area contributed by atoms with Crippen LogP contribution in [0.4, 0.5) is 0 Å². The van der Waals surface area contributed by atoms with Crippen LogP contribution in [0.15, 0.2) is 18.2 Å². The van der Waals surface area contributed by atoms with Gasteiger partial charge in [-0.15, -0.1) is 12.4 Å². The van der Waals surface area contributed by atoms with E-state index in [9.17, 15) is 4.79 Å². The first-order valence-corrected chi connectivity index (χ1v) is 6.95. The van der Waals surface area contributed by atoms with E-state index >= 15 is 0 Å². The summed E-state index contributed by atoms with van der Waals surface area (Å²) >= 11 is 2.26. The third-order valence-electron chi connectivity index (χ3n) is 3.08. The molecule has 0 saturated carbocycles. The fourth-order valence-electron chi connectivity index (χ4n) is 2.10. The number of carbonyl (C=O) groups excluding carboxylic acids is 1. The molecular weight excluding hydrogens is 363 g/mol. The lowest BCUT2D eigenvalue weighted by atomic mass is 10.1. The lowest BCUT2D eigenvalue weighted by molar-refractivity contribution is 0.0708. The normalized spacial score (nSPS) is 19.3. The topological polar surface area (TPSA) is 32.3 Å². The summed E-state index contributed by atoms with van der Waals surface area (Å²) < 4.78 is 1.07. The lowest BCUT2D eigenvalue weighted by Crippen LogP contribution is -2.51. The summed E-state index contributed by atoms with van der Waals surface area (Å²) in [5.74, 6) is 0.159. The summed E-state index contributed by atoms with van der Waals surface area (Å²) in [5, 5.41) is 3.35. The van der Waals surface area contributed by atoms with Crippen LogP contribution < -0.4 is 5.32 Å². The van der Waals surface area contributed by atoms with E-state index in [0.29, 0.717) is 6.04 Å². The Labute approximate surface area is 128 Å². The maximum Gasteiger partial charge on any atom is 0.255 e. The molecule has 3 nitrogen and oxygen atoms in total. The molecule has 0 bridgehead atoms. The zero-order valence-corrected chi connectivity index (χ0v) is 13.5. The predicted octanol–water partition coefficient (Wildman–Crippen LogP) is 2.46. The average molecular weight is 381 g/mol. The number of amides is 1. The standard InChI is InChI=1S/C13H17IN2O.ClH/c1-9-4-3-5-11(12(9)14)13(17)16-7-6-15-10(2)8-16;/h3-5,10,15H,6-8H2,1-2H3;1H/t10-;/m0./s1. The molecule has 1 aromatic rings. The summed E-state index contributed by atoms with van der Waals surface area (Å²) in [5.41, 5.74) is 2.00. The molecule has 100 valence electrons. The third-order valence-corrected chi connectivity index (χ3v) is 4.51. The zero-order valence-electron chi connectivity index (χ0n) is 10.6. The van der Waals surface area contributed by atoms with Crippen LogP contribution in [0.3, 0.4) is 0 Å². The lowest BCUT2D eigenvalue weighted by Gasteiger charge is -2.32. The highest BCUT2D eigenvalue weighted by atomic mass is 127. The molecule has 0 spiro atoms. The first-order chi connectivity index (χ1) is 8.09. The summed E-state index contributed by atoms with van der Waals surface area (Å²) in [7, 11) is 0. The molecule has 2 rings (SSSR count). The van der Waals surface area contributed by atoms with Gasteiger partial charge in [0.2, 0.25) is 0 Å². The molecule has 1 N–H and O–H groups in total. The van der Waals surface area contributed by atoms with Gasteiger partial charge in [-0.25, -0.2) is 0 Å². The van der Waals surface area contributed by atoms with E-state index in [2.05, 4.69) is 34.8 Å². The summed E-state index contributed by atoms with van der Waals surface area (Å²) in [6, 6.07) is 6.30. The van der Waals surface area contributed by atoms with E-state index in [1.54, 1.807) is 0 Å². The minimum Gasteiger partial charge on any atom is -0.336 e. The smallest absolute Gasteiger partial charge is 0.255 e. The summed E-state index contributed by atoms with van der Waals surface area (Å²) in [6.07, 6.45) is 0. The van der Waals surface area contributed by atoms with Gasteiger partial charge in [0.15, 0.2) is 0 Å². The molecule has 0 radical (unpaired) electrons. The van der Waals surface area contributed by atoms with Crippen molar-refractivity contribution in [3.05, 3.63) is 32.9 Å². The SMILES string of the molecule is Cc1cccc(C(=O)N2CCN[C@@H](C)C2)c1I.Cl. The number of nitrogens with zero attached hydrogens (tertiary/aromatic N) is 1. The van der Waals surface area contributed by atoms with E-state index in [4.69, 9.17) is 0 Å². The van der Waals surface area contributed by atoms with Gasteiger partial charge in [-0.1, -0.05) is 12.1 Å². The molecule has 18 heavy (non-hydrogen) atoms. The Kier molecular flexibility index (Phi) is 5.88. The van der Waals surface area contributed by atoms with Crippen LogP contribution in [0, 0.1) is 10.5 Å². The number of nitrogens with one attached hydrogen (secondary N) is 1. The quantitative estimate of drug-likeness (QED) is 0.759. The predicted molar refractivity (Wildman–Crippen MR) is 84.5 cm³/mol. The van der Waals surface area contributed by atoms with E-state index in [1.165, 1.54) is 5.56 Å². The molecule has 1 heterocycles. The second-order valence-corrected chi connectivity index (χ2v) is 5.62. The second-order valence-electron chi connectivity index (χ2n) is 4.54. The van der Waals surface area contributed by atoms with Gasteiger partial charge in [-0.2, -0.15) is 0 Å². The number of carbonyl (C=O) groups is 1. The molecule has 1 aliphatic heterocycles. The van der Waals surface area contributed by atoms with Crippen LogP contribution in [0.2, 0.25) is 0 Å². The fraction of sp³-hybridized carbons (Fsp3) is 0.462. The molecular formula is C13H18ClIN2O.